The number of rotatable bonds is 2. The molecule has 1 aliphatic carbocycles. The summed E-state index contributed by atoms with van der Waals surface area (Å²) in [6.07, 6.45) is 7.11. The Bertz CT molecular complexity index is 1310. The third kappa shape index (κ3) is 2.95. The summed E-state index contributed by atoms with van der Waals surface area (Å²) in [5.41, 5.74) is 4.41. The van der Waals surface area contributed by atoms with E-state index in [1.54, 1.807) is 10.7 Å². The molecular weight excluding hydrogens is 396 g/mol. The van der Waals surface area contributed by atoms with Crippen molar-refractivity contribution in [2.75, 3.05) is 0 Å². The minimum atomic E-state index is 0.0223. The molecular formula is C24H25ClN4O. The SMILES string of the molecule is Cc1nn2c(ncc3c(=O)n([C@@H]4CCC[C@@H](C)[C@H]4C)ccc32)c1-c1ccc(Cl)cc1. The van der Waals surface area contributed by atoms with Crippen LogP contribution in [0.15, 0.2) is 47.5 Å². The molecule has 0 radical (unpaired) electrons. The molecule has 1 aromatic carbocycles. The van der Waals surface area contributed by atoms with Gasteiger partial charge in [0.1, 0.15) is 0 Å². The average molecular weight is 421 g/mol. The van der Waals surface area contributed by atoms with E-state index in [-0.39, 0.29) is 11.6 Å². The lowest BCUT2D eigenvalue weighted by Gasteiger charge is -2.35. The van der Waals surface area contributed by atoms with Gasteiger partial charge in [0.25, 0.3) is 5.56 Å². The van der Waals surface area contributed by atoms with Crippen molar-refractivity contribution < 1.29 is 0 Å². The summed E-state index contributed by atoms with van der Waals surface area (Å²) in [5.74, 6) is 1.11. The van der Waals surface area contributed by atoms with Gasteiger partial charge in [-0.2, -0.15) is 5.10 Å². The molecule has 1 fully saturated rings. The van der Waals surface area contributed by atoms with Crippen LogP contribution in [0.3, 0.4) is 0 Å². The predicted octanol–water partition coefficient (Wildman–Crippen LogP) is 5.67. The van der Waals surface area contributed by atoms with E-state index in [1.807, 2.05) is 48.0 Å². The molecule has 154 valence electrons. The van der Waals surface area contributed by atoms with Gasteiger partial charge in [0, 0.05) is 29.0 Å². The van der Waals surface area contributed by atoms with Crippen LogP contribution in [0.5, 0.6) is 0 Å². The van der Waals surface area contributed by atoms with Gasteiger partial charge in [0.15, 0.2) is 5.65 Å². The summed E-state index contributed by atoms with van der Waals surface area (Å²) in [5, 5.41) is 6.03. The molecule has 0 N–H and O–H groups in total. The highest BCUT2D eigenvalue weighted by atomic mass is 35.5. The maximum atomic E-state index is 13.4. The number of benzene rings is 1. The van der Waals surface area contributed by atoms with Gasteiger partial charge in [-0.1, -0.05) is 50.4 Å². The first-order chi connectivity index (χ1) is 14.5. The normalized spacial score (nSPS) is 22.1. The molecule has 0 unspecified atom stereocenters. The fraction of sp³-hybridized carbons (Fsp3) is 0.375. The van der Waals surface area contributed by atoms with Gasteiger partial charge in [-0.05, 0) is 48.9 Å². The monoisotopic (exact) mass is 420 g/mol. The maximum absolute atomic E-state index is 13.4. The second-order valence-electron chi connectivity index (χ2n) is 8.62. The van der Waals surface area contributed by atoms with Gasteiger partial charge in [0.05, 0.1) is 16.6 Å². The van der Waals surface area contributed by atoms with E-state index in [0.29, 0.717) is 22.2 Å². The topological polar surface area (TPSA) is 52.2 Å². The zero-order valence-electron chi connectivity index (χ0n) is 17.5. The van der Waals surface area contributed by atoms with Crippen LogP contribution in [-0.2, 0) is 0 Å². The molecule has 0 spiro atoms. The van der Waals surface area contributed by atoms with Crippen molar-refractivity contribution in [1.29, 1.82) is 0 Å². The van der Waals surface area contributed by atoms with Crippen LogP contribution in [0, 0.1) is 18.8 Å². The van der Waals surface area contributed by atoms with Gasteiger partial charge in [-0.25, -0.2) is 9.50 Å². The molecule has 30 heavy (non-hydrogen) atoms. The second-order valence-corrected chi connectivity index (χ2v) is 9.06. The molecule has 3 aromatic heterocycles. The molecule has 3 atom stereocenters. The fourth-order valence-corrected chi connectivity index (χ4v) is 5.08. The molecule has 0 saturated heterocycles. The van der Waals surface area contributed by atoms with Crippen molar-refractivity contribution in [2.24, 2.45) is 11.8 Å². The van der Waals surface area contributed by atoms with Crippen LogP contribution in [0.2, 0.25) is 5.02 Å². The summed E-state index contributed by atoms with van der Waals surface area (Å²) in [4.78, 5) is 18.1. The first-order valence-electron chi connectivity index (χ1n) is 10.6. The molecule has 4 aromatic rings. The second kappa shape index (κ2) is 7.24. The quantitative estimate of drug-likeness (QED) is 0.419. The Balaban J connectivity index is 1.68. The van der Waals surface area contributed by atoms with Gasteiger partial charge in [0.2, 0.25) is 0 Å². The number of pyridine rings is 1. The maximum Gasteiger partial charge on any atom is 0.261 e. The van der Waals surface area contributed by atoms with Crippen molar-refractivity contribution in [3.05, 3.63) is 63.8 Å². The molecule has 3 heterocycles. The van der Waals surface area contributed by atoms with E-state index in [1.165, 1.54) is 12.8 Å². The summed E-state index contributed by atoms with van der Waals surface area (Å²) in [7, 11) is 0. The number of hydrogen-bond donors (Lipinski definition) is 0. The van der Waals surface area contributed by atoms with E-state index in [4.69, 9.17) is 16.7 Å². The summed E-state index contributed by atoms with van der Waals surface area (Å²) < 4.78 is 3.72. The fourth-order valence-electron chi connectivity index (χ4n) is 4.95. The molecule has 0 bridgehead atoms. The van der Waals surface area contributed by atoms with Crippen LogP contribution >= 0.6 is 11.6 Å². The Morgan fingerprint density at radius 2 is 1.87 bits per heavy atom. The zero-order chi connectivity index (χ0) is 21.0. The first-order valence-corrected chi connectivity index (χ1v) is 11.0. The van der Waals surface area contributed by atoms with Gasteiger partial charge >= 0.3 is 0 Å². The number of halogens is 1. The molecule has 6 heteroatoms. The van der Waals surface area contributed by atoms with Gasteiger partial charge in [-0.15, -0.1) is 0 Å². The Morgan fingerprint density at radius 3 is 2.63 bits per heavy atom. The highest BCUT2D eigenvalue weighted by molar-refractivity contribution is 6.30. The van der Waals surface area contributed by atoms with E-state index in [0.717, 1.165) is 34.4 Å². The molecule has 5 rings (SSSR count). The number of aromatic nitrogens is 4. The van der Waals surface area contributed by atoms with Crippen molar-refractivity contribution in [3.63, 3.8) is 0 Å². The van der Waals surface area contributed by atoms with Crippen LogP contribution in [0.25, 0.3) is 27.7 Å². The third-order valence-electron chi connectivity index (χ3n) is 6.87. The van der Waals surface area contributed by atoms with E-state index in [9.17, 15) is 4.79 Å². The Labute approximate surface area is 180 Å². The predicted molar refractivity (Wildman–Crippen MR) is 121 cm³/mol. The van der Waals surface area contributed by atoms with E-state index in [2.05, 4.69) is 18.8 Å². The van der Waals surface area contributed by atoms with Crippen LogP contribution in [0.1, 0.15) is 44.8 Å². The lowest BCUT2D eigenvalue weighted by Crippen LogP contribution is -2.33. The van der Waals surface area contributed by atoms with Crippen molar-refractivity contribution in [1.82, 2.24) is 19.2 Å². The lowest BCUT2D eigenvalue weighted by molar-refractivity contribution is 0.183. The molecule has 5 nitrogen and oxygen atoms in total. The Hall–Kier alpha value is -2.66. The van der Waals surface area contributed by atoms with Gasteiger partial charge < -0.3 is 4.57 Å². The minimum absolute atomic E-state index is 0.0223. The smallest absolute Gasteiger partial charge is 0.261 e. The standard InChI is InChI=1S/C24H25ClN4O/c1-14-5-4-6-20(15(14)2)28-12-11-21-19(24(28)30)13-26-23-22(16(3)27-29(21)23)17-7-9-18(25)10-8-17/h7-15,20H,4-6H2,1-3H3/t14-,15-,20-/m1/s1. The van der Waals surface area contributed by atoms with Crippen molar-refractivity contribution in [2.45, 2.75) is 46.1 Å². The summed E-state index contributed by atoms with van der Waals surface area (Å²) in [6, 6.07) is 9.93. The molecule has 0 amide bonds. The van der Waals surface area contributed by atoms with Crippen molar-refractivity contribution >= 4 is 28.2 Å². The largest absolute Gasteiger partial charge is 0.311 e. The van der Waals surface area contributed by atoms with E-state index >= 15 is 0 Å². The minimum Gasteiger partial charge on any atom is -0.311 e. The summed E-state index contributed by atoms with van der Waals surface area (Å²) in [6.45, 7) is 6.53. The molecule has 1 saturated carbocycles. The molecule has 1 aliphatic rings. The Kier molecular flexibility index (Phi) is 4.66. The van der Waals surface area contributed by atoms with Crippen LogP contribution < -0.4 is 5.56 Å². The highest BCUT2D eigenvalue weighted by Gasteiger charge is 2.29. The van der Waals surface area contributed by atoms with Gasteiger partial charge in [-0.3, -0.25) is 4.79 Å². The molecule has 0 aliphatic heterocycles. The Morgan fingerprint density at radius 1 is 1.10 bits per heavy atom. The summed E-state index contributed by atoms with van der Waals surface area (Å²) >= 11 is 6.05. The average Bonchev–Trinajstić information content (AvgIpc) is 3.08. The highest BCUT2D eigenvalue weighted by Crippen LogP contribution is 2.37. The first kappa shape index (κ1) is 19.3. The zero-order valence-corrected chi connectivity index (χ0v) is 18.2. The van der Waals surface area contributed by atoms with Crippen LogP contribution in [-0.4, -0.2) is 19.2 Å². The van der Waals surface area contributed by atoms with E-state index < -0.39 is 0 Å². The third-order valence-corrected chi connectivity index (χ3v) is 7.12. The number of aryl methyl sites for hydroxylation is 1. The number of fused-ring (bicyclic) bond motifs is 3. The van der Waals surface area contributed by atoms with Crippen LogP contribution in [0.4, 0.5) is 0 Å². The lowest BCUT2D eigenvalue weighted by atomic mass is 9.78. The number of hydrogen-bond acceptors (Lipinski definition) is 3. The van der Waals surface area contributed by atoms with Crippen molar-refractivity contribution in [3.8, 4) is 11.1 Å². The number of nitrogens with zero attached hydrogens (tertiary/aromatic N) is 4.